The van der Waals surface area contributed by atoms with Gasteiger partial charge in [-0.05, 0) is 12.5 Å². The van der Waals surface area contributed by atoms with Gasteiger partial charge < -0.3 is 4.74 Å². The fraction of sp³-hybridized carbons (Fsp3) is 0.400. The maximum Gasteiger partial charge on any atom is 0.209 e. The molecule has 17 heavy (non-hydrogen) atoms. The normalized spacial score (nSPS) is 19.6. The van der Waals surface area contributed by atoms with Gasteiger partial charge in [-0.1, -0.05) is 0 Å². The van der Waals surface area contributed by atoms with Crippen molar-refractivity contribution in [3.8, 4) is 5.75 Å². The smallest absolute Gasteiger partial charge is 0.209 e. The molecular weight excluding hydrogens is 252 g/mol. The van der Waals surface area contributed by atoms with Crippen molar-refractivity contribution in [1.29, 1.82) is 0 Å². The van der Waals surface area contributed by atoms with Gasteiger partial charge in [0.05, 0.1) is 12.4 Å². The number of rotatable bonds is 2. The van der Waals surface area contributed by atoms with Crippen molar-refractivity contribution in [2.45, 2.75) is 12.3 Å². The molecule has 0 bridgehead atoms. The molecular formula is C10H11F2NO3S. The van der Waals surface area contributed by atoms with Crippen molar-refractivity contribution < 1.29 is 21.9 Å². The average Bonchev–Trinajstić information content (AvgIpc) is 2.19. The zero-order valence-corrected chi connectivity index (χ0v) is 9.64. The van der Waals surface area contributed by atoms with Gasteiger partial charge in [0.1, 0.15) is 5.75 Å². The maximum atomic E-state index is 13.1. The Morgan fingerprint density at radius 3 is 2.65 bits per heavy atom. The highest BCUT2D eigenvalue weighted by Crippen LogP contribution is 2.35. The fourth-order valence-corrected chi connectivity index (χ4v) is 2.82. The van der Waals surface area contributed by atoms with Crippen LogP contribution in [-0.4, -0.2) is 20.8 Å². The Morgan fingerprint density at radius 2 is 2.00 bits per heavy atom. The standard InChI is InChI=1S/C10H11F2NO3S/c11-8-3-7-6(5-17(13,14)15)1-2-16-10(7)4-9(8)12/h3-4,6H,1-2,5H2,(H2,13,14,15)/t6-/m0/s1. The van der Waals surface area contributed by atoms with Gasteiger partial charge in [0.25, 0.3) is 0 Å². The Kier molecular flexibility index (Phi) is 3.05. The van der Waals surface area contributed by atoms with Crippen molar-refractivity contribution in [2.24, 2.45) is 5.14 Å². The minimum absolute atomic E-state index is 0.184. The summed E-state index contributed by atoms with van der Waals surface area (Å²) in [4.78, 5) is 0. The summed E-state index contributed by atoms with van der Waals surface area (Å²) in [5.74, 6) is -2.60. The summed E-state index contributed by atoms with van der Waals surface area (Å²) in [6.07, 6.45) is 0.411. The monoisotopic (exact) mass is 263 g/mol. The Bertz CT molecular complexity index is 545. The van der Waals surface area contributed by atoms with Gasteiger partial charge in [-0.2, -0.15) is 0 Å². The molecule has 0 unspecified atom stereocenters. The molecule has 0 radical (unpaired) electrons. The van der Waals surface area contributed by atoms with Crippen LogP contribution in [0.1, 0.15) is 17.9 Å². The van der Waals surface area contributed by atoms with Crippen molar-refractivity contribution >= 4 is 10.0 Å². The molecule has 0 amide bonds. The van der Waals surface area contributed by atoms with E-state index in [0.717, 1.165) is 12.1 Å². The quantitative estimate of drug-likeness (QED) is 0.869. The van der Waals surface area contributed by atoms with E-state index >= 15 is 0 Å². The summed E-state index contributed by atoms with van der Waals surface area (Å²) in [6, 6.07) is 1.90. The lowest BCUT2D eigenvalue weighted by atomic mass is 9.95. The van der Waals surface area contributed by atoms with Crippen LogP contribution in [-0.2, 0) is 10.0 Å². The number of fused-ring (bicyclic) bond motifs is 1. The molecule has 0 saturated heterocycles. The second kappa shape index (κ2) is 4.23. The lowest BCUT2D eigenvalue weighted by Gasteiger charge is -2.25. The fourth-order valence-electron chi connectivity index (χ4n) is 1.91. The summed E-state index contributed by atoms with van der Waals surface area (Å²) in [5, 5.41) is 4.95. The largest absolute Gasteiger partial charge is 0.493 e. The molecule has 2 rings (SSSR count). The minimum atomic E-state index is -3.66. The van der Waals surface area contributed by atoms with Gasteiger partial charge >= 0.3 is 0 Å². The van der Waals surface area contributed by atoms with Gasteiger partial charge in [0, 0.05) is 17.5 Å². The van der Waals surface area contributed by atoms with Crippen molar-refractivity contribution in [3.63, 3.8) is 0 Å². The predicted molar refractivity (Wildman–Crippen MR) is 57.2 cm³/mol. The van der Waals surface area contributed by atoms with Crippen LogP contribution in [0.5, 0.6) is 5.75 Å². The molecule has 4 nitrogen and oxygen atoms in total. The summed E-state index contributed by atoms with van der Waals surface area (Å²) in [7, 11) is -3.66. The van der Waals surface area contributed by atoms with E-state index in [1.807, 2.05) is 0 Å². The molecule has 1 heterocycles. The summed E-state index contributed by atoms with van der Waals surface area (Å²) >= 11 is 0. The van der Waals surface area contributed by atoms with Crippen molar-refractivity contribution in [2.75, 3.05) is 12.4 Å². The van der Waals surface area contributed by atoms with Crippen molar-refractivity contribution in [1.82, 2.24) is 0 Å². The second-order valence-corrected chi connectivity index (χ2v) is 5.63. The zero-order valence-electron chi connectivity index (χ0n) is 8.82. The van der Waals surface area contributed by atoms with E-state index in [0.29, 0.717) is 12.0 Å². The highest BCUT2D eigenvalue weighted by molar-refractivity contribution is 7.89. The van der Waals surface area contributed by atoms with Gasteiger partial charge in [-0.3, -0.25) is 0 Å². The molecule has 2 N–H and O–H groups in total. The number of sulfonamides is 1. The summed E-state index contributed by atoms with van der Waals surface area (Å²) in [5.41, 5.74) is 0.351. The van der Waals surface area contributed by atoms with Gasteiger partial charge in [0.15, 0.2) is 11.6 Å². The molecule has 0 aliphatic carbocycles. The molecule has 7 heteroatoms. The Balaban J connectivity index is 2.40. The van der Waals surface area contributed by atoms with Crippen LogP contribution in [0.3, 0.4) is 0 Å². The third kappa shape index (κ3) is 2.73. The van der Waals surface area contributed by atoms with E-state index in [9.17, 15) is 17.2 Å². The molecule has 0 saturated carbocycles. The zero-order chi connectivity index (χ0) is 12.6. The van der Waals surface area contributed by atoms with Crippen LogP contribution < -0.4 is 9.88 Å². The molecule has 1 atom stereocenters. The van der Waals surface area contributed by atoms with E-state index in [-0.39, 0.29) is 18.1 Å². The van der Waals surface area contributed by atoms with Crippen LogP contribution in [0.15, 0.2) is 12.1 Å². The highest BCUT2D eigenvalue weighted by atomic mass is 32.2. The molecule has 0 fully saturated rings. The Labute approximate surface area is 97.4 Å². The number of primary sulfonamides is 1. The number of hydrogen-bond acceptors (Lipinski definition) is 3. The highest BCUT2D eigenvalue weighted by Gasteiger charge is 2.26. The van der Waals surface area contributed by atoms with E-state index in [4.69, 9.17) is 9.88 Å². The first kappa shape index (κ1) is 12.3. The average molecular weight is 263 g/mol. The number of ether oxygens (including phenoxy) is 1. The lowest BCUT2D eigenvalue weighted by Crippen LogP contribution is -2.26. The van der Waals surface area contributed by atoms with Crippen LogP contribution in [0.25, 0.3) is 0 Å². The van der Waals surface area contributed by atoms with E-state index < -0.39 is 27.6 Å². The number of nitrogens with two attached hydrogens (primary N) is 1. The maximum absolute atomic E-state index is 13.1. The molecule has 1 aliphatic rings. The Hall–Kier alpha value is -1.21. The van der Waals surface area contributed by atoms with Crippen LogP contribution in [0, 0.1) is 11.6 Å². The van der Waals surface area contributed by atoms with Gasteiger partial charge in [-0.25, -0.2) is 22.3 Å². The third-order valence-corrected chi connectivity index (χ3v) is 3.52. The summed E-state index contributed by atoms with van der Waals surface area (Å²) < 4.78 is 53.3. The van der Waals surface area contributed by atoms with Crippen LogP contribution in [0.2, 0.25) is 0 Å². The Morgan fingerprint density at radius 1 is 1.35 bits per heavy atom. The van der Waals surface area contributed by atoms with Crippen LogP contribution >= 0.6 is 0 Å². The molecule has 1 aromatic rings. The lowest BCUT2D eigenvalue weighted by molar-refractivity contribution is 0.269. The second-order valence-electron chi connectivity index (χ2n) is 3.97. The molecule has 1 aliphatic heterocycles. The molecule has 94 valence electrons. The first-order chi connectivity index (χ1) is 7.87. The van der Waals surface area contributed by atoms with E-state index in [2.05, 4.69) is 0 Å². The molecule has 0 spiro atoms. The van der Waals surface area contributed by atoms with E-state index in [1.165, 1.54) is 0 Å². The van der Waals surface area contributed by atoms with Crippen molar-refractivity contribution in [3.05, 3.63) is 29.3 Å². The van der Waals surface area contributed by atoms with Crippen LogP contribution in [0.4, 0.5) is 8.78 Å². The third-order valence-electron chi connectivity index (χ3n) is 2.65. The minimum Gasteiger partial charge on any atom is -0.493 e. The predicted octanol–water partition coefficient (Wildman–Crippen LogP) is 1.12. The molecule has 1 aromatic carbocycles. The van der Waals surface area contributed by atoms with Gasteiger partial charge in [-0.15, -0.1) is 0 Å². The van der Waals surface area contributed by atoms with Gasteiger partial charge in [0.2, 0.25) is 10.0 Å². The SMILES string of the molecule is NS(=O)(=O)C[C@@H]1CCOc2cc(F)c(F)cc21. The summed E-state index contributed by atoms with van der Waals surface area (Å²) in [6.45, 7) is 0.262. The molecule has 0 aromatic heterocycles. The number of hydrogen-bond donors (Lipinski definition) is 1. The first-order valence-corrected chi connectivity index (χ1v) is 6.70. The topological polar surface area (TPSA) is 69.4 Å². The number of benzene rings is 1. The first-order valence-electron chi connectivity index (χ1n) is 4.99. The van der Waals surface area contributed by atoms with E-state index in [1.54, 1.807) is 0 Å². The number of halogens is 2.